The van der Waals surface area contributed by atoms with Gasteiger partial charge in [0.15, 0.2) is 0 Å². The van der Waals surface area contributed by atoms with Crippen LogP contribution >= 0.6 is 27.5 Å². The summed E-state index contributed by atoms with van der Waals surface area (Å²) in [6.07, 6.45) is 0.861. The minimum Gasteiger partial charge on any atom is -0.462 e. The van der Waals surface area contributed by atoms with E-state index in [0.29, 0.717) is 31.6 Å². The van der Waals surface area contributed by atoms with Crippen molar-refractivity contribution in [1.82, 2.24) is 4.31 Å². The van der Waals surface area contributed by atoms with Crippen LogP contribution in [-0.4, -0.2) is 44.3 Å². The Balaban J connectivity index is 1.55. The van der Waals surface area contributed by atoms with Crippen LogP contribution in [0.4, 0.5) is 5.69 Å². The molecule has 1 amide bonds. The molecule has 0 bridgehead atoms. The van der Waals surface area contributed by atoms with Gasteiger partial charge in [0.05, 0.1) is 22.9 Å². The molecule has 1 aliphatic heterocycles. The van der Waals surface area contributed by atoms with Crippen LogP contribution in [0.15, 0.2) is 46.9 Å². The average Bonchev–Trinajstić information content (AvgIpc) is 2.75. The van der Waals surface area contributed by atoms with Gasteiger partial charge < -0.3 is 10.1 Å². The smallest absolute Gasteiger partial charge is 0.339 e. The SMILES string of the molecule is CCOC(=O)c1ccc(NC(=O)C2CCN(S(=O)(=O)Cc3ccc(Br)cc3)CC2)cc1Cl. The Kier molecular flexibility index (Phi) is 8.32. The van der Waals surface area contributed by atoms with Crippen LogP contribution in [0, 0.1) is 5.92 Å². The number of nitrogens with one attached hydrogen (secondary N) is 1. The average molecular weight is 544 g/mol. The summed E-state index contributed by atoms with van der Waals surface area (Å²) >= 11 is 9.49. The number of halogens is 2. The number of amides is 1. The highest BCUT2D eigenvalue weighted by Crippen LogP contribution is 2.26. The predicted octanol–water partition coefficient (Wildman–Crippen LogP) is 4.46. The third-order valence-electron chi connectivity index (χ3n) is 5.21. The fourth-order valence-corrected chi connectivity index (χ4v) is 5.58. The van der Waals surface area contributed by atoms with Crippen molar-refractivity contribution in [2.24, 2.45) is 5.92 Å². The van der Waals surface area contributed by atoms with Crippen LogP contribution in [0.2, 0.25) is 5.02 Å². The van der Waals surface area contributed by atoms with Gasteiger partial charge in [0.1, 0.15) is 0 Å². The van der Waals surface area contributed by atoms with E-state index in [1.807, 2.05) is 12.1 Å². The normalized spacial score (nSPS) is 15.3. The van der Waals surface area contributed by atoms with Crippen LogP contribution < -0.4 is 5.32 Å². The van der Waals surface area contributed by atoms with Crippen molar-refractivity contribution in [3.8, 4) is 0 Å². The van der Waals surface area contributed by atoms with Crippen molar-refractivity contribution < 1.29 is 22.7 Å². The van der Waals surface area contributed by atoms with Crippen molar-refractivity contribution >= 4 is 55.1 Å². The molecule has 0 aromatic heterocycles. The Morgan fingerprint density at radius 3 is 2.41 bits per heavy atom. The molecule has 2 aromatic rings. The molecule has 1 heterocycles. The molecule has 3 rings (SSSR count). The van der Waals surface area contributed by atoms with Gasteiger partial charge in [0, 0.05) is 29.2 Å². The van der Waals surface area contributed by atoms with Crippen molar-refractivity contribution in [2.75, 3.05) is 25.0 Å². The number of carbonyl (C=O) groups is 2. The minimum absolute atomic E-state index is 0.0670. The molecular formula is C22H24BrClN2O5S. The number of nitrogens with zero attached hydrogens (tertiary/aromatic N) is 1. The molecule has 32 heavy (non-hydrogen) atoms. The summed E-state index contributed by atoms with van der Waals surface area (Å²) in [5.74, 6) is -1.10. The molecule has 172 valence electrons. The number of hydrogen-bond donors (Lipinski definition) is 1. The molecule has 1 saturated heterocycles. The maximum absolute atomic E-state index is 12.7. The van der Waals surface area contributed by atoms with Gasteiger partial charge in [-0.15, -0.1) is 0 Å². The molecule has 2 aromatic carbocycles. The second-order valence-electron chi connectivity index (χ2n) is 7.46. The zero-order valence-corrected chi connectivity index (χ0v) is 20.7. The molecule has 1 aliphatic rings. The molecule has 0 radical (unpaired) electrons. The fourth-order valence-electron chi connectivity index (χ4n) is 3.49. The summed E-state index contributed by atoms with van der Waals surface area (Å²) in [6.45, 7) is 2.53. The van der Waals surface area contributed by atoms with E-state index in [0.717, 1.165) is 10.0 Å². The van der Waals surface area contributed by atoms with Crippen LogP contribution in [0.5, 0.6) is 0 Å². The number of carbonyl (C=O) groups excluding carboxylic acids is 2. The number of ether oxygens (including phenoxy) is 1. The Labute approximate surface area is 201 Å². The molecule has 0 spiro atoms. The van der Waals surface area contributed by atoms with Crippen molar-refractivity contribution in [2.45, 2.75) is 25.5 Å². The van der Waals surface area contributed by atoms with Gasteiger partial charge in [-0.2, -0.15) is 0 Å². The Hall–Kier alpha value is -1.94. The third kappa shape index (κ3) is 6.31. The highest BCUT2D eigenvalue weighted by molar-refractivity contribution is 9.10. The summed E-state index contributed by atoms with van der Waals surface area (Å²) in [4.78, 5) is 24.5. The van der Waals surface area contributed by atoms with E-state index in [1.165, 1.54) is 16.4 Å². The summed E-state index contributed by atoms with van der Waals surface area (Å²) in [7, 11) is -3.46. The Morgan fingerprint density at radius 2 is 1.81 bits per heavy atom. The highest BCUT2D eigenvalue weighted by Gasteiger charge is 2.31. The zero-order chi connectivity index (χ0) is 23.3. The zero-order valence-electron chi connectivity index (χ0n) is 17.5. The van der Waals surface area contributed by atoms with Gasteiger partial charge in [-0.3, -0.25) is 4.79 Å². The molecule has 0 atom stereocenters. The number of hydrogen-bond acceptors (Lipinski definition) is 5. The van der Waals surface area contributed by atoms with Crippen LogP contribution in [-0.2, 0) is 25.3 Å². The van der Waals surface area contributed by atoms with Gasteiger partial charge in [-0.25, -0.2) is 17.5 Å². The first kappa shape index (κ1) is 24.7. The van der Waals surface area contributed by atoms with Gasteiger partial charge in [-0.1, -0.05) is 39.7 Å². The molecule has 1 fully saturated rings. The van der Waals surface area contributed by atoms with E-state index in [1.54, 1.807) is 25.1 Å². The molecule has 1 N–H and O–H groups in total. The Bertz CT molecular complexity index is 1080. The van der Waals surface area contributed by atoms with E-state index in [2.05, 4.69) is 21.2 Å². The van der Waals surface area contributed by atoms with Gasteiger partial charge in [0.2, 0.25) is 15.9 Å². The van der Waals surface area contributed by atoms with E-state index >= 15 is 0 Å². The fraction of sp³-hybridized carbons (Fsp3) is 0.364. The molecule has 10 heteroatoms. The molecule has 0 saturated carbocycles. The summed E-state index contributed by atoms with van der Waals surface area (Å²) < 4.78 is 32.8. The lowest BCUT2D eigenvalue weighted by atomic mass is 9.97. The van der Waals surface area contributed by atoms with Crippen LogP contribution in [0.1, 0.15) is 35.7 Å². The number of piperidine rings is 1. The maximum atomic E-state index is 12.7. The van der Waals surface area contributed by atoms with Gasteiger partial charge >= 0.3 is 5.97 Å². The monoisotopic (exact) mass is 542 g/mol. The lowest BCUT2D eigenvalue weighted by molar-refractivity contribution is -0.120. The van der Waals surface area contributed by atoms with Crippen LogP contribution in [0.3, 0.4) is 0 Å². The predicted molar refractivity (Wildman–Crippen MR) is 127 cm³/mol. The first-order valence-electron chi connectivity index (χ1n) is 10.2. The quantitative estimate of drug-likeness (QED) is 0.521. The number of esters is 1. The summed E-state index contributed by atoms with van der Waals surface area (Å²) in [5.41, 5.74) is 1.42. The van der Waals surface area contributed by atoms with E-state index in [-0.39, 0.29) is 34.8 Å². The summed E-state index contributed by atoms with van der Waals surface area (Å²) in [6, 6.07) is 11.8. The topological polar surface area (TPSA) is 92.8 Å². The maximum Gasteiger partial charge on any atom is 0.339 e. The van der Waals surface area contributed by atoms with Crippen molar-refractivity contribution in [3.05, 3.63) is 63.1 Å². The molecule has 7 nitrogen and oxygen atoms in total. The number of anilines is 1. The molecule has 0 unspecified atom stereocenters. The molecular weight excluding hydrogens is 520 g/mol. The molecule has 0 aliphatic carbocycles. The Morgan fingerprint density at radius 1 is 1.16 bits per heavy atom. The lowest BCUT2D eigenvalue weighted by Gasteiger charge is -2.30. The number of rotatable bonds is 7. The van der Waals surface area contributed by atoms with Crippen molar-refractivity contribution in [3.63, 3.8) is 0 Å². The standard InChI is InChI=1S/C22H24BrClN2O5S/c1-2-31-22(28)19-8-7-18(13-20(19)24)25-21(27)16-9-11-26(12-10-16)32(29,30)14-15-3-5-17(23)6-4-15/h3-8,13,16H,2,9-12,14H2,1H3,(H,25,27). The third-order valence-corrected chi connectivity index (χ3v) is 7.90. The van der Waals surface area contributed by atoms with E-state index in [9.17, 15) is 18.0 Å². The van der Waals surface area contributed by atoms with Gasteiger partial charge in [0.25, 0.3) is 0 Å². The first-order chi connectivity index (χ1) is 15.2. The number of sulfonamides is 1. The second-order valence-corrected chi connectivity index (χ2v) is 10.8. The summed E-state index contributed by atoms with van der Waals surface area (Å²) in [5, 5.41) is 2.99. The van der Waals surface area contributed by atoms with Crippen LogP contribution in [0.25, 0.3) is 0 Å². The largest absolute Gasteiger partial charge is 0.462 e. The first-order valence-corrected chi connectivity index (χ1v) is 13.0. The lowest BCUT2D eigenvalue weighted by Crippen LogP contribution is -2.41. The van der Waals surface area contributed by atoms with Gasteiger partial charge in [-0.05, 0) is 55.7 Å². The van der Waals surface area contributed by atoms with Crippen molar-refractivity contribution in [1.29, 1.82) is 0 Å². The minimum atomic E-state index is -3.46. The van der Waals surface area contributed by atoms with E-state index < -0.39 is 16.0 Å². The second kappa shape index (κ2) is 10.8. The van der Waals surface area contributed by atoms with E-state index in [4.69, 9.17) is 16.3 Å². The number of benzene rings is 2. The highest BCUT2D eigenvalue weighted by atomic mass is 79.9.